The van der Waals surface area contributed by atoms with Crippen LogP contribution >= 0.6 is 0 Å². The van der Waals surface area contributed by atoms with Gasteiger partial charge in [-0.05, 0) is 24.7 Å². The van der Waals surface area contributed by atoms with Gasteiger partial charge >= 0.3 is 0 Å². The lowest BCUT2D eigenvalue weighted by Gasteiger charge is -2.13. The van der Waals surface area contributed by atoms with Crippen molar-refractivity contribution < 1.29 is 9.50 Å². The highest BCUT2D eigenvalue weighted by molar-refractivity contribution is 4.94. The fourth-order valence-corrected chi connectivity index (χ4v) is 1.35. The molecule has 0 aliphatic heterocycles. The minimum absolute atomic E-state index is 0.261. The normalized spacial score (nSPS) is 20.2. The van der Waals surface area contributed by atoms with Gasteiger partial charge in [-0.25, -0.2) is 4.39 Å². The largest absolute Gasteiger partial charge is 0.396 e. The first-order chi connectivity index (χ1) is 5.33. The number of aliphatic hydroxyl groups is 1. The minimum Gasteiger partial charge on any atom is -0.396 e. The zero-order chi connectivity index (χ0) is 8.16. The molecule has 1 fully saturated rings. The summed E-state index contributed by atoms with van der Waals surface area (Å²) in [5.41, 5.74) is 0.323. The highest BCUT2D eigenvalue weighted by Gasteiger charge is 2.40. The van der Waals surface area contributed by atoms with Crippen LogP contribution in [-0.2, 0) is 0 Å². The minimum atomic E-state index is -0.296. The molecule has 2 nitrogen and oxygen atoms in total. The Morgan fingerprint density at radius 1 is 1.45 bits per heavy atom. The molecule has 3 heteroatoms. The van der Waals surface area contributed by atoms with Crippen molar-refractivity contribution in [3.05, 3.63) is 0 Å². The molecule has 0 aromatic rings. The van der Waals surface area contributed by atoms with Crippen molar-refractivity contribution in [1.82, 2.24) is 5.32 Å². The van der Waals surface area contributed by atoms with Crippen LogP contribution in [0.5, 0.6) is 0 Å². The van der Waals surface area contributed by atoms with E-state index >= 15 is 0 Å². The molecule has 0 bridgehead atoms. The van der Waals surface area contributed by atoms with Crippen LogP contribution in [0, 0.1) is 5.41 Å². The highest BCUT2D eigenvalue weighted by atomic mass is 19.1. The maximum atomic E-state index is 11.7. The van der Waals surface area contributed by atoms with E-state index in [-0.39, 0.29) is 13.3 Å². The quantitative estimate of drug-likeness (QED) is 0.562. The molecule has 11 heavy (non-hydrogen) atoms. The number of aliphatic hydroxyl groups excluding tert-OH is 1. The van der Waals surface area contributed by atoms with Gasteiger partial charge in [0.1, 0.15) is 6.67 Å². The van der Waals surface area contributed by atoms with Gasteiger partial charge in [-0.2, -0.15) is 0 Å². The summed E-state index contributed by atoms with van der Waals surface area (Å²) in [6, 6.07) is 0. The molecule has 0 unspecified atom stereocenters. The number of rotatable bonds is 6. The first-order valence-corrected chi connectivity index (χ1v) is 4.20. The summed E-state index contributed by atoms with van der Waals surface area (Å²) in [5.74, 6) is 0. The Labute approximate surface area is 66.8 Å². The molecule has 0 radical (unpaired) electrons. The summed E-state index contributed by atoms with van der Waals surface area (Å²) in [4.78, 5) is 0. The zero-order valence-corrected chi connectivity index (χ0v) is 6.77. The number of halogens is 1. The topological polar surface area (TPSA) is 32.3 Å². The number of hydrogen-bond donors (Lipinski definition) is 2. The summed E-state index contributed by atoms with van der Waals surface area (Å²) >= 11 is 0. The van der Waals surface area contributed by atoms with Crippen LogP contribution in [0.25, 0.3) is 0 Å². The molecular formula is C8H16FNO. The maximum Gasteiger partial charge on any atom is 0.102 e. The van der Waals surface area contributed by atoms with Crippen LogP contribution in [0.4, 0.5) is 4.39 Å². The predicted octanol–water partition coefficient (Wildman–Crippen LogP) is 0.708. The lowest BCUT2D eigenvalue weighted by molar-refractivity contribution is 0.244. The second-order valence-corrected chi connectivity index (χ2v) is 3.34. The van der Waals surface area contributed by atoms with Crippen molar-refractivity contribution in [2.45, 2.75) is 19.3 Å². The van der Waals surface area contributed by atoms with Crippen LogP contribution in [0.1, 0.15) is 19.3 Å². The summed E-state index contributed by atoms with van der Waals surface area (Å²) in [6.45, 7) is 1.29. The first kappa shape index (κ1) is 8.94. The van der Waals surface area contributed by atoms with Crippen molar-refractivity contribution in [3.63, 3.8) is 0 Å². The molecule has 0 heterocycles. The molecule has 0 saturated heterocycles. The van der Waals surface area contributed by atoms with Gasteiger partial charge in [-0.3, -0.25) is 0 Å². The van der Waals surface area contributed by atoms with Crippen molar-refractivity contribution in [2.24, 2.45) is 5.41 Å². The fourth-order valence-electron chi connectivity index (χ4n) is 1.35. The van der Waals surface area contributed by atoms with E-state index in [4.69, 9.17) is 5.11 Å². The van der Waals surface area contributed by atoms with E-state index in [1.165, 1.54) is 12.8 Å². The van der Waals surface area contributed by atoms with E-state index in [9.17, 15) is 4.39 Å². The smallest absolute Gasteiger partial charge is 0.102 e. The fraction of sp³-hybridized carbons (Fsp3) is 1.00. The third-order valence-electron chi connectivity index (χ3n) is 2.37. The van der Waals surface area contributed by atoms with Crippen molar-refractivity contribution >= 4 is 0 Å². The molecule has 0 aromatic carbocycles. The van der Waals surface area contributed by atoms with Gasteiger partial charge in [0.15, 0.2) is 0 Å². The molecule has 1 aliphatic rings. The Morgan fingerprint density at radius 3 is 2.64 bits per heavy atom. The molecule has 66 valence electrons. The Balaban J connectivity index is 2.04. The van der Waals surface area contributed by atoms with E-state index in [2.05, 4.69) is 5.32 Å². The van der Waals surface area contributed by atoms with Gasteiger partial charge in [0.05, 0.1) is 0 Å². The highest BCUT2D eigenvalue weighted by Crippen LogP contribution is 2.47. The van der Waals surface area contributed by atoms with E-state index in [0.29, 0.717) is 12.0 Å². The third-order valence-corrected chi connectivity index (χ3v) is 2.37. The third kappa shape index (κ3) is 2.75. The van der Waals surface area contributed by atoms with Gasteiger partial charge in [-0.1, -0.05) is 0 Å². The van der Waals surface area contributed by atoms with E-state index < -0.39 is 0 Å². The molecule has 1 rings (SSSR count). The van der Waals surface area contributed by atoms with Crippen LogP contribution < -0.4 is 5.32 Å². The van der Waals surface area contributed by atoms with Crippen LogP contribution in [0.15, 0.2) is 0 Å². The molecular weight excluding hydrogens is 145 g/mol. The zero-order valence-electron chi connectivity index (χ0n) is 6.77. The predicted molar refractivity (Wildman–Crippen MR) is 42.2 cm³/mol. The van der Waals surface area contributed by atoms with Crippen LogP contribution in [0.3, 0.4) is 0 Å². The second-order valence-electron chi connectivity index (χ2n) is 3.34. The van der Waals surface area contributed by atoms with Crippen LogP contribution in [0.2, 0.25) is 0 Å². The second kappa shape index (κ2) is 4.02. The Bertz CT molecular complexity index is 115. The van der Waals surface area contributed by atoms with Crippen molar-refractivity contribution in [1.29, 1.82) is 0 Å². The number of hydrogen-bond acceptors (Lipinski definition) is 2. The maximum absolute atomic E-state index is 11.7. The van der Waals surface area contributed by atoms with Gasteiger partial charge in [0.2, 0.25) is 0 Å². The summed E-state index contributed by atoms with van der Waals surface area (Å²) in [6.07, 6.45) is 3.24. The Hall–Kier alpha value is -0.150. The average Bonchev–Trinajstić information content (AvgIpc) is 2.71. The van der Waals surface area contributed by atoms with Gasteiger partial charge in [0.25, 0.3) is 0 Å². The first-order valence-electron chi connectivity index (χ1n) is 4.20. The molecule has 1 saturated carbocycles. The summed E-state index contributed by atoms with van der Waals surface area (Å²) in [7, 11) is 0. The molecule has 0 amide bonds. The van der Waals surface area contributed by atoms with Gasteiger partial charge < -0.3 is 10.4 Å². The molecule has 0 atom stereocenters. The van der Waals surface area contributed by atoms with E-state index in [1.807, 2.05) is 0 Å². The summed E-state index contributed by atoms with van der Waals surface area (Å²) < 4.78 is 11.7. The lowest BCUT2D eigenvalue weighted by Crippen LogP contribution is -2.26. The average molecular weight is 161 g/mol. The monoisotopic (exact) mass is 161 g/mol. The van der Waals surface area contributed by atoms with E-state index in [0.717, 1.165) is 13.0 Å². The number of nitrogens with one attached hydrogen (secondary N) is 1. The van der Waals surface area contributed by atoms with Crippen molar-refractivity contribution in [3.8, 4) is 0 Å². The van der Waals surface area contributed by atoms with Gasteiger partial charge in [-0.15, -0.1) is 0 Å². The standard InChI is InChI=1S/C8H16FNO/c9-4-5-10-7-8(1-2-8)3-6-11/h10-11H,1-7H2. The van der Waals surface area contributed by atoms with Crippen molar-refractivity contribution in [2.75, 3.05) is 26.4 Å². The molecule has 2 N–H and O–H groups in total. The SMILES string of the molecule is OCCC1(CNCCF)CC1. The molecule has 0 spiro atoms. The summed E-state index contributed by atoms with van der Waals surface area (Å²) in [5, 5.41) is 11.7. The number of alkyl halides is 1. The van der Waals surface area contributed by atoms with E-state index in [1.54, 1.807) is 0 Å². The Morgan fingerprint density at radius 2 is 2.18 bits per heavy atom. The molecule has 1 aliphatic carbocycles. The van der Waals surface area contributed by atoms with Crippen LogP contribution in [-0.4, -0.2) is 31.5 Å². The Kier molecular flexibility index (Phi) is 3.27. The lowest BCUT2D eigenvalue weighted by atomic mass is 10.0. The van der Waals surface area contributed by atoms with Gasteiger partial charge in [0, 0.05) is 19.7 Å². The molecule has 0 aromatic heterocycles.